The van der Waals surface area contributed by atoms with Crippen molar-refractivity contribution in [2.45, 2.75) is 58.2 Å². The molecule has 0 saturated carbocycles. The topological polar surface area (TPSA) is 98.8 Å². The van der Waals surface area contributed by atoms with Gasteiger partial charge in [-0.2, -0.15) is 0 Å². The largest absolute Gasteiger partial charge is 0.314 e. The van der Waals surface area contributed by atoms with Gasteiger partial charge < -0.3 is 5.32 Å². The van der Waals surface area contributed by atoms with Gasteiger partial charge in [-0.3, -0.25) is 34.3 Å². The highest BCUT2D eigenvalue weighted by molar-refractivity contribution is 6.23. The minimum absolute atomic E-state index is 0.122. The van der Waals surface area contributed by atoms with Crippen molar-refractivity contribution < 1.29 is 19.2 Å². The lowest BCUT2D eigenvalue weighted by atomic mass is 9.97. The molecule has 0 aromatic heterocycles. The second-order valence-electron chi connectivity index (χ2n) is 9.13. The molecule has 2 unspecified atom stereocenters. The Morgan fingerprint density at radius 3 is 2.61 bits per heavy atom. The maximum Gasteiger partial charge on any atom is 0.262 e. The van der Waals surface area contributed by atoms with Crippen LogP contribution in [-0.2, 0) is 16.1 Å². The highest BCUT2D eigenvalue weighted by Crippen LogP contribution is 2.29. The highest BCUT2D eigenvalue weighted by atomic mass is 16.2. The van der Waals surface area contributed by atoms with Gasteiger partial charge in [-0.05, 0) is 56.0 Å². The fourth-order valence-electron chi connectivity index (χ4n) is 4.74. The Labute approximate surface area is 182 Å². The van der Waals surface area contributed by atoms with Crippen LogP contribution in [0, 0.1) is 5.92 Å². The summed E-state index contributed by atoms with van der Waals surface area (Å²) in [7, 11) is 0. The predicted octanol–water partition coefficient (Wildman–Crippen LogP) is 1.30. The molecule has 3 aliphatic heterocycles. The van der Waals surface area contributed by atoms with Gasteiger partial charge in [0.15, 0.2) is 0 Å². The zero-order valence-electron chi connectivity index (χ0n) is 18.1. The van der Waals surface area contributed by atoms with Crippen LogP contribution in [-0.4, -0.2) is 65.1 Å². The third kappa shape index (κ3) is 4.55. The average molecular weight is 427 g/mol. The monoisotopic (exact) mass is 426 g/mol. The number of rotatable bonds is 6. The standard InChI is InChI=1S/C23H30N4O4/c1-14(2)24-11-16-4-3-9-26(13-16)12-15-5-6-17-18(10-15)23(31)27(22(17)30)19-7-8-20(28)25-21(19)29/h5-6,10,14,16,19,24H,3-4,7-9,11-13H2,1-2H3,(H,25,28,29). The number of imide groups is 2. The Hall–Kier alpha value is -2.58. The van der Waals surface area contributed by atoms with Crippen molar-refractivity contribution in [3.8, 4) is 0 Å². The van der Waals surface area contributed by atoms with E-state index in [9.17, 15) is 19.2 Å². The fraction of sp³-hybridized carbons (Fsp3) is 0.565. The molecule has 0 radical (unpaired) electrons. The third-order valence-corrected chi connectivity index (χ3v) is 6.33. The van der Waals surface area contributed by atoms with Gasteiger partial charge in [0.05, 0.1) is 11.1 Å². The molecule has 166 valence electrons. The number of piperidine rings is 2. The second kappa shape index (κ2) is 8.88. The average Bonchev–Trinajstić information content (AvgIpc) is 2.97. The summed E-state index contributed by atoms with van der Waals surface area (Å²) in [5, 5.41) is 5.74. The van der Waals surface area contributed by atoms with E-state index in [-0.39, 0.29) is 18.7 Å². The van der Waals surface area contributed by atoms with E-state index in [1.165, 1.54) is 6.42 Å². The smallest absolute Gasteiger partial charge is 0.262 e. The third-order valence-electron chi connectivity index (χ3n) is 6.33. The molecule has 8 nitrogen and oxygen atoms in total. The van der Waals surface area contributed by atoms with Crippen molar-refractivity contribution in [2.24, 2.45) is 5.92 Å². The van der Waals surface area contributed by atoms with Gasteiger partial charge >= 0.3 is 0 Å². The first-order valence-corrected chi connectivity index (χ1v) is 11.1. The number of hydrogen-bond donors (Lipinski definition) is 2. The lowest BCUT2D eigenvalue weighted by Gasteiger charge is -2.33. The van der Waals surface area contributed by atoms with E-state index in [0.717, 1.165) is 43.1 Å². The summed E-state index contributed by atoms with van der Waals surface area (Å²) in [5.74, 6) is -1.26. The van der Waals surface area contributed by atoms with Crippen LogP contribution in [0.2, 0.25) is 0 Å². The molecule has 0 aliphatic carbocycles. The molecule has 3 heterocycles. The van der Waals surface area contributed by atoms with E-state index < -0.39 is 23.8 Å². The van der Waals surface area contributed by atoms with Crippen molar-refractivity contribution >= 4 is 23.6 Å². The molecule has 1 aromatic carbocycles. The van der Waals surface area contributed by atoms with Crippen molar-refractivity contribution in [2.75, 3.05) is 19.6 Å². The SMILES string of the molecule is CC(C)NCC1CCCN(Cc2ccc3c(c2)C(=O)N(C2CCC(=O)NC2=O)C3=O)C1. The maximum absolute atomic E-state index is 13.0. The predicted molar refractivity (Wildman–Crippen MR) is 114 cm³/mol. The van der Waals surface area contributed by atoms with Crippen molar-refractivity contribution in [3.63, 3.8) is 0 Å². The van der Waals surface area contributed by atoms with Crippen LogP contribution >= 0.6 is 0 Å². The quantitative estimate of drug-likeness (QED) is 0.666. The summed E-state index contributed by atoms with van der Waals surface area (Å²) in [6.45, 7) is 8.07. The lowest BCUT2D eigenvalue weighted by molar-refractivity contribution is -0.136. The molecule has 2 atom stereocenters. The summed E-state index contributed by atoms with van der Waals surface area (Å²) in [4.78, 5) is 52.9. The number of carbonyl (C=O) groups excluding carboxylic acids is 4. The number of nitrogens with one attached hydrogen (secondary N) is 2. The second-order valence-corrected chi connectivity index (χ2v) is 9.13. The Kier molecular flexibility index (Phi) is 6.20. The van der Waals surface area contributed by atoms with Crippen LogP contribution in [0.25, 0.3) is 0 Å². The van der Waals surface area contributed by atoms with Gasteiger partial charge in [-0.1, -0.05) is 19.9 Å². The number of fused-ring (bicyclic) bond motifs is 1. The molecular formula is C23H30N4O4. The van der Waals surface area contributed by atoms with Crippen molar-refractivity contribution in [3.05, 3.63) is 34.9 Å². The van der Waals surface area contributed by atoms with Crippen LogP contribution in [0.5, 0.6) is 0 Å². The Balaban J connectivity index is 1.45. The van der Waals surface area contributed by atoms with E-state index in [0.29, 0.717) is 23.1 Å². The van der Waals surface area contributed by atoms with Crippen LogP contribution in [0.3, 0.4) is 0 Å². The van der Waals surface area contributed by atoms with Crippen molar-refractivity contribution in [1.29, 1.82) is 0 Å². The molecule has 0 bridgehead atoms. The van der Waals surface area contributed by atoms with E-state index >= 15 is 0 Å². The van der Waals surface area contributed by atoms with Crippen molar-refractivity contribution in [1.82, 2.24) is 20.4 Å². The summed E-state index contributed by atoms with van der Waals surface area (Å²) in [6, 6.07) is 4.93. The van der Waals surface area contributed by atoms with Gasteiger partial charge in [0.2, 0.25) is 11.8 Å². The first kappa shape index (κ1) is 21.6. The molecule has 31 heavy (non-hydrogen) atoms. The Morgan fingerprint density at radius 2 is 1.87 bits per heavy atom. The molecule has 4 rings (SSSR count). The fourth-order valence-corrected chi connectivity index (χ4v) is 4.74. The molecule has 1 aromatic rings. The van der Waals surface area contributed by atoms with Crippen LogP contribution in [0.1, 0.15) is 65.8 Å². The van der Waals surface area contributed by atoms with Crippen LogP contribution in [0.4, 0.5) is 0 Å². The van der Waals surface area contributed by atoms with E-state index in [4.69, 9.17) is 0 Å². The number of amides is 4. The minimum atomic E-state index is -0.926. The number of hydrogen-bond acceptors (Lipinski definition) is 6. The molecule has 2 saturated heterocycles. The molecule has 3 aliphatic rings. The summed E-state index contributed by atoms with van der Waals surface area (Å²) < 4.78 is 0. The van der Waals surface area contributed by atoms with Gasteiger partial charge in [0, 0.05) is 25.6 Å². The molecule has 2 fully saturated rings. The Bertz CT molecular complexity index is 913. The molecular weight excluding hydrogens is 396 g/mol. The van der Waals surface area contributed by atoms with E-state index in [1.54, 1.807) is 12.1 Å². The normalized spacial score (nSPS) is 24.7. The van der Waals surface area contributed by atoms with Gasteiger partial charge in [0.1, 0.15) is 6.04 Å². The zero-order chi connectivity index (χ0) is 22.1. The van der Waals surface area contributed by atoms with Crippen LogP contribution < -0.4 is 10.6 Å². The van der Waals surface area contributed by atoms with E-state index in [2.05, 4.69) is 29.4 Å². The first-order valence-electron chi connectivity index (χ1n) is 11.1. The molecule has 0 spiro atoms. The Morgan fingerprint density at radius 1 is 1.10 bits per heavy atom. The maximum atomic E-state index is 13.0. The van der Waals surface area contributed by atoms with Gasteiger partial charge in [-0.15, -0.1) is 0 Å². The van der Waals surface area contributed by atoms with Gasteiger partial charge in [-0.25, -0.2) is 0 Å². The summed E-state index contributed by atoms with van der Waals surface area (Å²) in [6.07, 6.45) is 2.66. The van der Waals surface area contributed by atoms with Gasteiger partial charge in [0.25, 0.3) is 11.8 Å². The molecule has 4 amide bonds. The molecule has 2 N–H and O–H groups in total. The number of nitrogens with zero attached hydrogens (tertiary/aromatic N) is 2. The van der Waals surface area contributed by atoms with Crippen LogP contribution in [0.15, 0.2) is 18.2 Å². The summed E-state index contributed by atoms with van der Waals surface area (Å²) in [5.41, 5.74) is 1.67. The number of carbonyl (C=O) groups is 4. The first-order chi connectivity index (χ1) is 14.8. The zero-order valence-corrected chi connectivity index (χ0v) is 18.1. The number of likely N-dealkylation sites (tertiary alicyclic amines) is 1. The lowest BCUT2D eigenvalue weighted by Crippen LogP contribution is -2.54. The molecule has 8 heteroatoms. The highest BCUT2D eigenvalue weighted by Gasteiger charge is 2.44. The minimum Gasteiger partial charge on any atom is -0.314 e. The summed E-state index contributed by atoms with van der Waals surface area (Å²) >= 11 is 0. The number of benzene rings is 1. The van der Waals surface area contributed by atoms with E-state index in [1.807, 2.05) is 6.07 Å².